The van der Waals surface area contributed by atoms with Crippen molar-refractivity contribution in [3.05, 3.63) is 35.9 Å². The van der Waals surface area contributed by atoms with Crippen molar-refractivity contribution in [3.63, 3.8) is 0 Å². The van der Waals surface area contributed by atoms with E-state index in [2.05, 4.69) is 17.1 Å². The first kappa shape index (κ1) is 17.9. The molecule has 1 aromatic carbocycles. The van der Waals surface area contributed by atoms with Crippen molar-refractivity contribution in [1.82, 2.24) is 10.2 Å². The molecule has 2 N–H and O–H groups in total. The van der Waals surface area contributed by atoms with E-state index in [1.165, 1.54) is 0 Å². The molecule has 2 unspecified atom stereocenters. The molecule has 5 heteroatoms. The van der Waals surface area contributed by atoms with Gasteiger partial charge in [-0.1, -0.05) is 43.7 Å². The van der Waals surface area contributed by atoms with E-state index in [-0.39, 0.29) is 11.9 Å². The van der Waals surface area contributed by atoms with Crippen molar-refractivity contribution >= 4 is 5.91 Å². The van der Waals surface area contributed by atoms with Crippen LogP contribution < -0.4 is 5.32 Å². The van der Waals surface area contributed by atoms with Gasteiger partial charge < -0.3 is 15.2 Å². The Morgan fingerprint density at radius 2 is 2.22 bits per heavy atom. The van der Waals surface area contributed by atoms with Gasteiger partial charge in [-0.15, -0.1) is 0 Å². The van der Waals surface area contributed by atoms with E-state index in [9.17, 15) is 9.90 Å². The van der Waals surface area contributed by atoms with Gasteiger partial charge in [0.1, 0.15) is 0 Å². The van der Waals surface area contributed by atoms with Crippen LogP contribution in [0, 0.1) is 0 Å². The molecule has 23 heavy (non-hydrogen) atoms. The maximum atomic E-state index is 12.0. The number of aliphatic hydroxyl groups is 1. The lowest BCUT2D eigenvalue weighted by molar-refractivity contribution is -0.125. The number of hydrogen-bond acceptors (Lipinski definition) is 4. The van der Waals surface area contributed by atoms with Gasteiger partial charge in [0.05, 0.1) is 25.9 Å². The molecule has 1 amide bonds. The molecule has 0 radical (unpaired) electrons. The summed E-state index contributed by atoms with van der Waals surface area (Å²) in [5.74, 6) is 0.0551. The summed E-state index contributed by atoms with van der Waals surface area (Å²) in [6.07, 6.45) is 2.12. The van der Waals surface area contributed by atoms with Crippen molar-refractivity contribution in [1.29, 1.82) is 0 Å². The second-order valence-corrected chi connectivity index (χ2v) is 6.06. The Balaban J connectivity index is 1.86. The molecule has 0 spiro atoms. The van der Waals surface area contributed by atoms with Gasteiger partial charge in [-0.3, -0.25) is 9.69 Å². The number of rotatable bonds is 8. The molecule has 1 aliphatic heterocycles. The van der Waals surface area contributed by atoms with E-state index in [4.69, 9.17) is 4.74 Å². The fraction of sp³-hybridized carbons (Fsp3) is 0.611. The fourth-order valence-electron chi connectivity index (χ4n) is 2.83. The number of carbonyl (C=O) groups is 1. The van der Waals surface area contributed by atoms with Gasteiger partial charge in [-0.2, -0.15) is 0 Å². The third-order valence-electron chi connectivity index (χ3n) is 4.23. The summed E-state index contributed by atoms with van der Waals surface area (Å²) in [5, 5.41) is 13.4. The highest BCUT2D eigenvalue weighted by molar-refractivity contribution is 5.78. The Labute approximate surface area is 138 Å². The fourth-order valence-corrected chi connectivity index (χ4v) is 2.83. The number of aliphatic hydroxyl groups excluding tert-OH is 1. The minimum Gasteiger partial charge on any atom is -0.388 e. The van der Waals surface area contributed by atoms with Crippen molar-refractivity contribution in [2.75, 3.05) is 32.8 Å². The van der Waals surface area contributed by atoms with Gasteiger partial charge in [0.25, 0.3) is 0 Å². The van der Waals surface area contributed by atoms with E-state index < -0.39 is 6.10 Å². The van der Waals surface area contributed by atoms with Crippen LogP contribution in [0.25, 0.3) is 0 Å². The summed E-state index contributed by atoms with van der Waals surface area (Å²) in [7, 11) is 0. The lowest BCUT2D eigenvalue weighted by Crippen LogP contribution is -2.50. The van der Waals surface area contributed by atoms with Crippen LogP contribution in [0.3, 0.4) is 0 Å². The van der Waals surface area contributed by atoms with E-state index >= 15 is 0 Å². The number of benzene rings is 1. The summed E-state index contributed by atoms with van der Waals surface area (Å²) in [6.45, 7) is 5.14. The molecule has 1 aromatic rings. The zero-order valence-corrected chi connectivity index (χ0v) is 13.9. The number of amides is 1. The summed E-state index contributed by atoms with van der Waals surface area (Å²) < 4.78 is 5.54. The quantitative estimate of drug-likeness (QED) is 0.716. The summed E-state index contributed by atoms with van der Waals surface area (Å²) in [6, 6.07) is 9.71. The average Bonchev–Trinajstić information content (AvgIpc) is 2.57. The molecular formula is C18H28N2O3. The van der Waals surface area contributed by atoms with E-state index in [0.29, 0.717) is 26.2 Å². The molecule has 2 rings (SSSR count). The first-order valence-corrected chi connectivity index (χ1v) is 8.52. The van der Waals surface area contributed by atoms with Crippen molar-refractivity contribution < 1.29 is 14.6 Å². The predicted molar refractivity (Wildman–Crippen MR) is 90.1 cm³/mol. The highest BCUT2D eigenvalue weighted by Gasteiger charge is 2.27. The van der Waals surface area contributed by atoms with Crippen LogP contribution >= 0.6 is 0 Å². The van der Waals surface area contributed by atoms with Crippen LogP contribution in [0.2, 0.25) is 0 Å². The monoisotopic (exact) mass is 320 g/mol. The lowest BCUT2D eigenvalue weighted by atomic mass is 10.0. The number of unbranched alkanes of at least 4 members (excludes halogenated alkanes) is 1. The Bertz CT molecular complexity index is 467. The molecule has 1 saturated heterocycles. The van der Waals surface area contributed by atoms with Crippen LogP contribution in [-0.2, 0) is 9.53 Å². The third kappa shape index (κ3) is 5.94. The normalized spacial score (nSPS) is 20.2. The molecular weight excluding hydrogens is 292 g/mol. The van der Waals surface area contributed by atoms with Crippen LogP contribution in [0.15, 0.2) is 30.3 Å². The minimum atomic E-state index is -0.534. The SMILES string of the molecule is CCCCNC(=O)CN1CCOCC1CC(O)c1ccccc1. The molecule has 0 aliphatic carbocycles. The van der Waals surface area contributed by atoms with E-state index in [1.54, 1.807) is 0 Å². The molecule has 0 bridgehead atoms. The topological polar surface area (TPSA) is 61.8 Å². The Kier molecular flexibility index (Phi) is 7.52. The van der Waals surface area contributed by atoms with E-state index in [1.807, 2.05) is 30.3 Å². The standard InChI is InChI=1S/C18H28N2O3/c1-2-3-9-19-18(22)13-20-10-11-23-14-16(20)12-17(21)15-7-5-4-6-8-15/h4-8,16-17,21H,2-3,9-14H2,1H3,(H,19,22). The Hall–Kier alpha value is -1.43. The largest absolute Gasteiger partial charge is 0.388 e. The van der Waals surface area contributed by atoms with Crippen LogP contribution in [0.4, 0.5) is 0 Å². The highest BCUT2D eigenvalue weighted by Crippen LogP contribution is 2.22. The molecule has 0 saturated carbocycles. The Morgan fingerprint density at radius 1 is 1.43 bits per heavy atom. The van der Waals surface area contributed by atoms with Gasteiger partial charge in [0, 0.05) is 19.1 Å². The Morgan fingerprint density at radius 3 is 2.96 bits per heavy atom. The average molecular weight is 320 g/mol. The number of ether oxygens (including phenoxy) is 1. The smallest absolute Gasteiger partial charge is 0.234 e. The van der Waals surface area contributed by atoms with Gasteiger partial charge in [0.2, 0.25) is 5.91 Å². The molecule has 1 aliphatic rings. The molecule has 1 fully saturated rings. The van der Waals surface area contributed by atoms with Crippen LogP contribution in [0.5, 0.6) is 0 Å². The first-order chi connectivity index (χ1) is 11.2. The number of hydrogen-bond donors (Lipinski definition) is 2. The van der Waals surface area contributed by atoms with Gasteiger partial charge >= 0.3 is 0 Å². The van der Waals surface area contributed by atoms with Crippen molar-refractivity contribution in [2.24, 2.45) is 0 Å². The number of carbonyl (C=O) groups excluding carboxylic acids is 1. The summed E-state index contributed by atoms with van der Waals surface area (Å²) in [5.41, 5.74) is 0.908. The zero-order valence-electron chi connectivity index (χ0n) is 13.9. The molecule has 128 valence electrons. The second-order valence-electron chi connectivity index (χ2n) is 6.06. The van der Waals surface area contributed by atoms with Gasteiger partial charge in [-0.05, 0) is 18.4 Å². The minimum absolute atomic E-state index is 0.0551. The van der Waals surface area contributed by atoms with Gasteiger partial charge in [-0.25, -0.2) is 0 Å². The van der Waals surface area contributed by atoms with Crippen molar-refractivity contribution in [2.45, 2.75) is 38.3 Å². The van der Waals surface area contributed by atoms with Crippen LogP contribution in [-0.4, -0.2) is 54.8 Å². The lowest BCUT2D eigenvalue weighted by Gasteiger charge is -2.36. The zero-order chi connectivity index (χ0) is 16.5. The third-order valence-corrected chi connectivity index (χ3v) is 4.23. The molecule has 1 heterocycles. The molecule has 2 atom stereocenters. The molecule has 5 nitrogen and oxygen atoms in total. The highest BCUT2D eigenvalue weighted by atomic mass is 16.5. The predicted octanol–water partition coefficient (Wildman–Crippen LogP) is 1.73. The summed E-state index contributed by atoms with van der Waals surface area (Å²) in [4.78, 5) is 14.2. The second kappa shape index (κ2) is 9.65. The first-order valence-electron chi connectivity index (χ1n) is 8.52. The van der Waals surface area contributed by atoms with Gasteiger partial charge in [0.15, 0.2) is 0 Å². The van der Waals surface area contributed by atoms with Crippen LogP contribution in [0.1, 0.15) is 37.9 Å². The van der Waals surface area contributed by atoms with Crippen molar-refractivity contribution in [3.8, 4) is 0 Å². The van der Waals surface area contributed by atoms with E-state index in [0.717, 1.165) is 31.5 Å². The number of nitrogens with one attached hydrogen (secondary N) is 1. The molecule has 0 aromatic heterocycles. The number of nitrogens with zero attached hydrogens (tertiary/aromatic N) is 1. The summed E-state index contributed by atoms with van der Waals surface area (Å²) >= 11 is 0. The number of morpholine rings is 1. The maximum Gasteiger partial charge on any atom is 0.234 e. The maximum absolute atomic E-state index is 12.0.